The van der Waals surface area contributed by atoms with E-state index in [2.05, 4.69) is 5.32 Å². The molecular formula is C25H26N2O6. The van der Waals surface area contributed by atoms with Crippen LogP contribution in [0.15, 0.2) is 51.7 Å². The Morgan fingerprint density at radius 3 is 2.48 bits per heavy atom. The molecule has 4 rings (SSSR count). The smallest absolute Gasteiger partial charge is 0.335 e. The minimum Gasteiger partial charge on any atom is -0.478 e. The third-order valence-corrected chi connectivity index (χ3v) is 5.64. The summed E-state index contributed by atoms with van der Waals surface area (Å²) in [6.07, 6.45) is 1.29. The number of carbonyl (C=O) groups is 2. The van der Waals surface area contributed by atoms with Crippen molar-refractivity contribution in [1.82, 2.24) is 4.90 Å². The highest BCUT2D eigenvalue weighted by molar-refractivity contribution is 5.94. The summed E-state index contributed by atoms with van der Waals surface area (Å²) < 4.78 is 11.5. The number of hydrogen-bond acceptors (Lipinski definition) is 6. The number of fused-ring (bicyclic) bond motifs is 1. The van der Waals surface area contributed by atoms with Crippen LogP contribution in [-0.2, 0) is 16.0 Å². The maximum Gasteiger partial charge on any atom is 0.335 e. The number of ether oxygens (including phenoxy) is 1. The summed E-state index contributed by atoms with van der Waals surface area (Å²) in [6.45, 7) is 4.90. The van der Waals surface area contributed by atoms with Crippen molar-refractivity contribution >= 4 is 28.5 Å². The fraction of sp³-hybridized carbons (Fsp3) is 0.320. The number of amides is 1. The van der Waals surface area contributed by atoms with Crippen molar-refractivity contribution in [2.45, 2.75) is 19.8 Å². The summed E-state index contributed by atoms with van der Waals surface area (Å²) in [5, 5.41) is 12.5. The third kappa shape index (κ3) is 5.13. The van der Waals surface area contributed by atoms with Gasteiger partial charge in [-0.2, -0.15) is 0 Å². The molecule has 0 radical (unpaired) electrons. The van der Waals surface area contributed by atoms with Gasteiger partial charge >= 0.3 is 5.97 Å². The highest BCUT2D eigenvalue weighted by atomic mass is 16.5. The lowest BCUT2D eigenvalue weighted by molar-refractivity contribution is -0.118. The summed E-state index contributed by atoms with van der Waals surface area (Å²) in [4.78, 5) is 38.9. The van der Waals surface area contributed by atoms with E-state index < -0.39 is 5.97 Å². The molecule has 1 aromatic heterocycles. The highest BCUT2D eigenvalue weighted by Crippen LogP contribution is 2.28. The second-order valence-corrected chi connectivity index (χ2v) is 8.02. The highest BCUT2D eigenvalue weighted by Gasteiger charge is 2.18. The topological polar surface area (TPSA) is 109 Å². The molecule has 8 nitrogen and oxygen atoms in total. The number of carboxylic acid groups (broad SMARTS) is 1. The Morgan fingerprint density at radius 2 is 1.82 bits per heavy atom. The molecule has 0 bridgehead atoms. The van der Waals surface area contributed by atoms with E-state index in [0.29, 0.717) is 66.3 Å². The molecule has 33 heavy (non-hydrogen) atoms. The second-order valence-electron chi connectivity index (χ2n) is 8.02. The Balaban J connectivity index is 1.67. The molecule has 0 aliphatic carbocycles. The molecule has 2 heterocycles. The zero-order valence-electron chi connectivity index (χ0n) is 18.4. The summed E-state index contributed by atoms with van der Waals surface area (Å²) in [7, 11) is 0. The van der Waals surface area contributed by atoms with Crippen LogP contribution in [0.4, 0.5) is 5.69 Å². The van der Waals surface area contributed by atoms with Crippen LogP contribution >= 0.6 is 0 Å². The second kappa shape index (κ2) is 9.97. The number of carbonyl (C=O) groups excluding carboxylic acids is 1. The van der Waals surface area contributed by atoms with Crippen LogP contribution in [0, 0.1) is 0 Å². The zero-order valence-corrected chi connectivity index (χ0v) is 18.4. The quantitative estimate of drug-likeness (QED) is 0.568. The molecule has 0 atom stereocenters. The molecule has 172 valence electrons. The van der Waals surface area contributed by atoms with Crippen LogP contribution in [0.3, 0.4) is 0 Å². The number of nitrogens with zero attached hydrogens (tertiary/aromatic N) is 1. The largest absolute Gasteiger partial charge is 0.478 e. The lowest BCUT2D eigenvalue weighted by atomic mass is 10.00. The first-order valence-corrected chi connectivity index (χ1v) is 11.0. The number of carboxylic acids is 1. The van der Waals surface area contributed by atoms with Gasteiger partial charge in [0.15, 0.2) is 5.43 Å². The summed E-state index contributed by atoms with van der Waals surface area (Å²) >= 11 is 0. The standard InChI is InChI=1S/C25H26N2O6/c1-2-3-20-23(29)19-9-8-18(26-22(28)15-27-10-12-32-13-11-27)14-21(19)33-24(20)16-4-6-17(7-5-16)25(30)31/h4-9,14H,2-3,10-13,15H2,1H3,(H,26,28)(H,30,31). The molecule has 1 saturated heterocycles. The molecule has 2 N–H and O–H groups in total. The number of nitrogens with one attached hydrogen (secondary N) is 1. The van der Waals surface area contributed by atoms with Crippen LogP contribution in [0.25, 0.3) is 22.3 Å². The molecule has 0 spiro atoms. The molecule has 1 aliphatic heterocycles. The average molecular weight is 450 g/mol. The summed E-state index contributed by atoms with van der Waals surface area (Å²) in [6, 6.07) is 11.3. The Labute approximate surface area is 190 Å². The molecule has 1 aliphatic rings. The van der Waals surface area contributed by atoms with E-state index in [-0.39, 0.29) is 23.4 Å². The van der Waals surface area contributed by atoms with Gasteiger partial charge in [0.25, 0.3) is 0 Å². The maximum absolute atomic E-state index is 13.2. The van der Waals surface area contributed by atoms with Crippen molar-refractivity contribution < 1.29 is 23.8 Å². The number of benzene rings is 2. The molecule has 3 aromatic rings. The van der Waals surface area contributed by atoms with Gasteiger partial charge in [-0.1, -0.05) is 25.5 Å². The first-order chi connectivity index (χ1) is 16.0. The van der Waals surface area contributed by atoms with E-state index in [4.69, 9.17) is 14.3 Å². The van der Waals surface area contributed by atoms with Crippen LogP contribution in [0.5, 0.6) is 0 Å². The molecule has 1 amide bonds. The number of anilines is 1. The van der Waals surface area contributed by atoms with Gasteiger partial charge in [-0.3, -0.25) is 14.5 Å². The van der Waals surface area contributed by atoms with E-state index >= 15 is 0 Å². The minimum atomic E-state index is -1.02. The Kier molecular flexibility index (Phi) is 6.86. The molecule has 0 unspecified atom stereocenters. The van der Waals surface area contributed by atoms with Gasteiger partial charge in [0, 0.05) is 36.0 Å². The normalized spacial score (nSPS) is 14.3. The number of aromatic carboxylic acids is 1. The van der Waals surface area contributed by atoms with Crippen molar-refractivity contribution in [3.63, 3.8) is 0 Å². The van der Waals surface area contributed by atoms with Crippen molar-refractivity contribution in [3.05, 3.63) is 63.8 Å². The lowest BCUT2D eigenvalue weighted by Crippen LogP contribution is -2.41. The molecule has 1 fully saturated rings. The molecular weight excluding hydrogens is 424 g/mol. The van der Waals surface area contributed by atoms with Gasteiger partial charge in [0.05, 0.1) is 30.7 Å². The van der Waals surface area contributed by atoms with Crippen molar-refractivity contribution in [1.29, 1.82) is 0 Å². The van der Waals surface area contributed by atoms with Crippen LogP contribution in [0.2, 0.25) is 0 Å². The molecule has 8 heteroatoms. The van der Waals surface area contributed by atoms with Crippen LogP contribution in [-0.4, -0.2) is 54.7 Å². The fourth-order valence-corrected chi connectivity index (χ4v) is 3.95. The van der Waals surface area contributed by atoms with Gasteiger partial charge in [0.2, 0.25) is 5.91 Å². The van der Waals surface area contributed by atoms with Gasteiger partial charge in [0.1, 0.15) is 11.3 Å². The Morgan fingerprint density at radius 1 is 1.09 bits per heavy atom. The predicted octanol–water partition coefficient (Wildman–Crippen LogP) is 3.38. The summed E-state index contributed by atoms with van der Waals surface area (Å²) in [5.41, 5.74) is 2.12. The monoisotopic (exact) mass is 450 g/mol. The van der Waals surface area contributed by atoms with E-state index in [1.54, 1.807) is 30.3 Å². The van der Waals surface area contributed by atoms with Gasteiger partial charge in [-0.15, -0.1) is 0 Å². The van der Waals surface area contributed by atoms with Gasteiger partial charge < -0.3 is 19.6 Å². The third-order valence-electron chi connectivity index (χ3n) is 5.64. The number of hydrogen-bond donors (Lipinski definition) is 2. The minimum absolute atomic E-state index is 0.124. The van der Waals surface area contributed by atoms with Gasteiger partial charge in [-0.25, -0.2) is 4.79 Å². The van der Waals surface area contributed by atoms with Crippen LogP contribution < -0.4 is 10.7 Å². The van der Waals surface area contributed by atoms with E-state index in [9.17, 15) is 14.4 Å². The Bertz CT molecular complexity index is 1230. The number of rotatable bonds is 7. The fourth-order valence-electron chi connectivity index (χ4n) is 3.95. The predicted molar refractivity (Wildman–Crippen MR) is 125 cm³/mol. The number of morpholine rings is 1. The van der Waals surface area contributed by atoms with Crippen LogP contribution in [0.1, 0.15) is 29.3 Å². The van der Waals surface area contributed by atoms with Crippen molar-refractivity contribution in [2.24, 2.45) is 0 Å². The maximum atomic E-state index is 13.2. The molecule has 0 saturated carbocycles. The summed E-state index contributed by atoms with van der Waals surface area (Å²) in [5.74, 6) is -0.749. The van der Waals surface area contributed by atoms with E-state index in [0.717, 1.165) is 6.42 Å². The molecule has 2 aromatic carbocycles. The van der Waals surface area contributed by atoms with E-state index in [1.165, 1.54) is 12.1 Å². The van der Waals surface area contributed by atoms with Gasteiger partial charge in [-0.05, 0) is 30.7 Å². The SMILES string of the molecule is CCCc1c(-c2ccc(C(=O)O)cc2)oc2cc(NC(=O)CN3CCOCC3)ccc2c1=O. The lowest BCUT2D eigenvalue weighted by Gasteiger charge is -2.25. The van der Waals surface area contributed by atoms with E-state index in [1.807, 2.05) is 11.8 Å². The average Bonchev–Trinajstić information content (AvgIpc) is 2.81. The van der Waals surface area contributed by atoms with Crippen molar-refractivity contribution in [3.8, 4) is 11.3 Å². The first kappa shape index (κ1) is 22.7. The zero-order chi connectivity index (χ0) is 23.4. The Hall–Kier alpha value is -3.49. The van der Waals surface area contributed by atoms with Crippen molar-refractivity contribution in [2.75, 3.05) is 38.2 Å². The first-order valence-electron chi connectivity index (χ1n) is 11.0.